The van der Waals surface area contributed by atoms with E-state index in [0.29, 0.717) is 16.8 Å². The van der Waals surface area contributed by atoms with Crippen LogP contribution in [-0.2, 0) is 15.8 Å². The van der Waals surface area contributed by atoms with E-state index in [1.165, 1.54) is 11.3 Å². The van der Waals surface area contributed by atoms with Crippen LogP contribution in [0.3, 0.4) is 0 Å². The van der Waals surface area contributed by atoms with E-state index in [9.17, 15) is 8.42 Å². The summed E-state index contributed by atoms with van der Waals surface area (Å²) in [5.74, 6) is -0.202. The van der Waals surface area contributed by atoms with Crippen LogP contribution in [0.25, 0.3) is 0 Å². The van der Waals surface area contributed by atoms with Crippen LogP contribution >= 0.6 is 11.3 Å². The molecule has 1 aromatic carbocycles. The molecule has 0 amide bonds. The van der Waals surface area contributed by atoms with Gasteiger partial charge in [-0.2, -0.15) is 16.6 Å². The Hall–Kier alpha value is -1.84. The number of nitrogens with one attached hydrogen (secondary N) is 1. The summed E-state index contributed by atoms with van der Waals surface area (Å²) in [6.07, 6.45) is 0. The van der Waals surface area contributed by atoms with Gasteiger partial charge in [-0.05, 0) is 23.1 Å². The normalized spacial score (nSPS) is 10.8. The first kappa shape index (κ1) is 12.6. The number of benzene rings is 1. The van der Waals surface area contributed by atoms with Gasteiger partial charge in [0.1, 0.15) is 0 Å². The summed E-state index contributed by atoms with van der Waals surface area (Å²) >= 11 is 1.41. The third-order valence-corrected chi connectivity index (χ3v) is 4.20. The first-order valence-corrected chi connectivity index (χ1v) is 7.71. The molecule has 0 fully saturated rings. The van der Waals surface area contributed by atoms with Gasteiger partial charge in [-0.3, -0.25) is 4.72 Å². The first-order valence-electron chi connectivity index (χ1n) is 5.11. The van der Waals surface area contributed by atoms with Crippen LogP contribution in [0.1, 0.15) is 11.1 Å². The Morgan fingerprint density at radius 3 is 2.72 bits per heavy atom. The third kappa shape index (κ3) is 3.09. The quantitative estimate of drug-likeness (QED) is 0.934. The van der Waals surface area contributed by atoms with Gasteiger partial charge in [0, 0.05) is 5.38 Å². The fourth-order valence-electron chi connectivity index (χ4n) is 1.50. The Labute approximate surface area is 110 Å². The van der Waals surface area contributed by atoms with Gasteiger partial charge in [-0.1, -0.05) is 18.2 Å². The number of nitriles is 1. The average molecular weight is 278 g/mol. The van der Waals surface area contributed by atoms with Gasteiger partial charge in [-0.15, -0.1) is 0 Å². The second kappa shape index (κ2) is 5.21. The number of hydrogen-bond donors (Lipinski definition) is 1. The molecule has 0 unspecified atom stereocenters. The monoisotopic (exact) mass is 278 g/mol. The lowest BCUT2D eigenvalue weighted by molar-refractivity contribution is 0.600. The maximum atomic E-state index is 11.9. The summed E-state index contributed by atoms with van der Waals surface area (Å²) in [5, 5.41) is 12.4. The summed E-state index contributed by atoms with van der Waals surface area (Å²) in [7, 11) is -3.48. The zero-order valence-corrected chi connectivity index (χ0v) is 11.0. The number of rotatable bonds is 4. The summed E-state index contributed by atoms with van der Waals surface area (Å²) in [6, 6.07) is 10.4. The van der Waals surface area contributed by atoms with Crippen molar-refractivity contribution in [2.45, 2.75) is 5.75 Å². The highest BCUT2D eigenvalue weighted by molar-refractivity contribution is 7.91. The minimum atomic E-state index is -3.48. The molecule has 0 aliphatic rings. The molecular weight excluding hydrogens is 268 g/mol. The Bertz CT molecular complexity index is 670. The topological polar surface area (TPSA) is 70.0 Å². The van der Waals surface area contributed by atoms with E-state index in [1.54, 1.807) is 41.1 Å². The Morgan fingerprint density at radius 2 is 2.06 bits per heavy atom. The Kier molecular flexibility index (Phi) is 3.65. The highest BCUT2D eigenvalue weighted by Crippen LogP contribution is 2.17. The van der Waals surface area contributed by atoms with Gasteiger partial charge >= 0.3 is 0 Å². The molecule has 2 aromatic rings. The van der Waals surface area contributed by atoms with Gasteiger partial charge < -0.3 is 0 Å². The number of nitrogens with zero attached hydrogens (tertiary/aromatic N) is 1. The molecular formula is C12H10N2O2S2. The van der Waals surface area contributed by atoms with Crippen molar-refractivity contribution in [3.8, 4) is 6.07 Å². The van der Waals surface area contributed by atoms with Crippen molar-refractivity contribution in [1.82, 2.24) is 0 Å². The summed E-state index contributed by atoms with van der Waals surface area (Å²) in [5.41, 5.74) is 1.44. The van der Waals surface area contributed by atoms with E-state index in [4.69, 9.17) is 5.26 Å². The van der Waals surface area contributed by atoms with Gasteiger partial charge in [0.2, 0.25) is 10.0 Å². The van der Waals surface area contributed by atoms with Crippen molar-refractivity contribution in [3.05, 3.63) is 52.2 Å². The van der Waals surface area contributed by atoms with Gasteiger partial charge in [0.15, 0.2) is 0 Å². The minimum absolute atomic E-state index is 0.202. The van der Waals surface area contributed by atoms with Crippen LogP contribution in [-0.4, -0.2) is 8.42 Å². The molecule has 0 bridgehead atoms. The zero-order valence-electron chi connectivity index (χ0n) is 9.33. The summed E-state index contributed by atoms with van der Waals surface area (Å²) < 4.78 is 26.3. The molecule has 0 aliphatic carbocycles. The first-order chi connectivity index (χ1) is 8.61. The van der Waals surface area contributed by atoms with E-state index in [-0.39, 0.29) is 5.75 Å². The standard InChI is InChI=1S/C12H10N2O2S2/c13-7-10-3-1-2-4-11(10)9-18(15,16)14-12-5-6-17-8-12/h1-6,8,14H,9H2. The lowest BCUT2D eigenvalue weighted by atomic mass is 10.1. The molecule has 0 saturated carbocycles. The molecule has 4 nitrogen and oxygen atoms in total. The van der Waals surface area contributed by atoms with Crippen molar-refractivity contribution in [1.29, 1.82) is 5.26 Å². The molecule has 18 heavy (non-hydrogen) atoms. The fourth-order valence-corrected chi connectivity index (χ4v) is 3.38. The molecule has 6 heteroatoms. The van der Waals surface area contributed by atoms with Crippen molar-refractivity contribution >= 4 is 27.0 Å². The van der Waals surface area contributed by atoms with E-state index < -0.39 is 10.0 Å². The molecule has 0 radical (unpaired) electrons. The van der Waals surface area contributed by atoms with Crippen LogP contribution in [0.5, 0.6) is 0 Å². The Balaban J connectivity index is 2.21. The number of sulfonamides is 1. The highest BCUT2D eigenvalue weighted by Gasteiger charge is 2.14. The highest BCUT2D eigenvalue weighted by atomic mass is 32.2. The molecule has 0 spiro atoms. The Morgan fingerprint density at radius 1 is 1.28 bits per heavy atom. The summed E-state index contributed by atoms with van der Waals surface area (Å²) in [4.78, 5) is 0. The van der Waals surface area contributed by atoms with Crippen molar-refractivity contribution in [3.63, 3.8) is 0 Å². The summed E-state index contributed by atoms with van der Waals surface area (Å²) in [6.45, 7) is 0. The second-order valence-corrected chi connectivity index (χ2v) is 6.14. The van der Waals surface area contributed by atoms with Crippen LogP contribution in [0, 0.1) is 11.3 Å². The predicted molar refractivity (Wildman–Crippen MR) is 71.7 cm³/mol. The zero-order chi connectivity index (χ0) is 13.0. The molecule has 1 aromatic heterocycles. The predicted octanol–water partition coefficient (Wildman–Crippen LogP) is 2.56. The van der Waals surface area contributed by atoms with Gasteiger partial charge in [0.05, 0.1) is 23.1 Å². The molecule has 2 rings (SSSR count). The molecule has 0 atom stereocenters. The van der Waals surface area contributed by atoms with E-state index >= 15 is 0 Å². The maximum absolute atomic E-state index is 11.9. The number of anilines is 1. The van der Waals surface area contributed by atoms with Crippen LogP contribution in [0.2, 0.25) is 0 Å². The lowest BCUT2D eigenvalue weighted by Crippen LogP contribution is -2.15. The number of thiophene rings is 1. The molecule has 0 aliphatic heterocycles. The number of hydrogen-bond acceptors (Lipinski definition) is 4. The largest absolute Gasteiger partial charge is 0.282 e. The van der Waals surface area contributed by atoms with Gasteiger partial charge in [-0.25, -0.2) is 8.42 Å². The molecule has 1 heterocycles. The van der Waals surface area contributed by atoms with Crippen LogP contribution in [0.15, 0.2) is 41.1 Å². The van der Waals surface area contributed by atoms with Crippen LogP contribution < -0.4 is 4.72 Å². The molecule has 92 valence electrons. The minimum Gasteiger partial charge on any atom is -0.282 e. The smallest absolute Gasteiger partial charge is 0.236 e. The van der Waals surface area contributed by atoms with E-state index in [0.717, 1.165) is 0 Å². The van der Waals surface area contributed by atoms with Crippen LogP contribution in [0.4, 0.5) is 5.69 Å². The average Bonchev–Trinajstić information content (AvgIpc) is 2.81. The second-order valence-electron chi connectivity index (χ2n) is 3.64. The molecule has 1 N–H and O–H groups in total. The third-order valence-electron chi connectivity index (χ3n) is 2.28. The SMILES string of the molecule is N#Cc1ccccc1CS(=O)(=O)Nc1ccsc1. The van der Waals surface area contributed by atoms with E-state index in [1.807, 2.05) is 6.07 Å². The molecule has 0 saturated heterocycles. The maximum Gasteiger partial charge on any atom is 0.236 e. The van der Waals surface area contributed by atoms with Crippen molar-refractivity contribution < 1.29 is 8.42 Å². The fraction of sp³-hybridized carbons (Fsp3) is 0.0833. The van der Waals surface area contributed by atoms with E-state index in [2.05, 4.69) is 4.72 Å². The lowest BCUT2D eigenvalue weighted by Gasteiger charge is -2.07. The van der Waals surface area contributed by atoms with Gasteiger partial charge in [0.25, 0.3) is 0 Å². The van der Waals surface area contributed by atoms with Crippen molar-refractivity contribution in [2.24, 2.45) is 0 Å². The van der Waals surface area contributed by atoms with Crippen molar-refractivity contribution in [2.75, 3.05) is 4.72 Å².